The van der Waals surface area contributed by atoms with Gasteiger partial charge in [0.25, 0.3) is 0 Å². The van der Waals surface area contributed by atoms with E-state index in [1.54, 1.807) is 31.2 Å². The van der Waals surface area contributed by atoms with Crippen molar-refractivity contribution in [3.05, 3.63) is 24.3 Å². The van der Waals surface area contributed by atoms with Crippen molar-refractivity contribution in [2.75, 3.05) is 17.2 Å². The summed E-state index contributed by atoms with van der Waals surface area (Å²) in [6, 6.07) is 6.98. The molecule has 3 N–H and O–H groups in total. The maximum atomic E-state index is 11.5. The molecule has 1 aromatic carbocycles. The van der Waals surface area contributed by atoms with Crippen molar-refractivity contribution in [3.8, 4) is 0 Å². The molecule has 5 nitrogen and oxygen atoms in total. The van der Waals surface area contributed by atoms with E-state index in [9.17, 15) is 9.59 Å². The second-order valence-electron chi connectivity index (χ2n) is 4.21. The fraction of sp³-hybridized carbons (Fsp3) is 0.429. The quantitative estimate of drug-likeness (QED) is 0.660. The summed E-state index contributed by atoms with van der Waals surface area (Å²) < 4.78 is 0. The summed E-state index contributed by atoms with van der Waals surface area (Å²) in [5.41, 5.74) is 1.41. The van der Waals surface area contributed by atoms with Gasteiger partial charge in [-0.1, -0.05) is 6.92 Å². The van der Waals surface area contributed by atoms with Gasteiger partial charge in [-0.2, -0.15) is 0 Å². The van der Waals surface area contributed by atoms with Gasteiger partial charge in [-0.15, -0.1) is 0 Å². The monoisotopic (exact) mass is 264 g/mol. The molecule has 104 valence electrons. The molecule has 0 aliphatic carbocycles. The van der Waals surface area contributed by atoms with Gasteiger partial charge in [0.15, 0.2) is 0 Å². The SMILES string of the molecule is CCC(=O)Nc1ccc(NC(=O)CCCCO)cc1. The van der Waals surface area contributed by atoms with Gasteiger partial charge in [0, 0.05) is 30.8 Å². The highest BCUT2D eigenvalue weighted by molar-refractivity contribution is 5.92. The number of benzene rings is 1. The molecule has 0 heterocycles. The fourth-order valence-electron chi connectivity index (χ4n) is 1.51. The van der Waals surface area contributed by atoms with Crippen molar-refractivity contribution in [3.63, 3.8) is 0 Å². The van der Waals surface area contributed by atoms with Crippen molar-refractivity contribution in [1.82, 2.24) is 0 Å². The zero-order valence-corrected chi connectivity index (χ0v) is 11.1. The third-order valence-electron chi connectivity index (χ3n) is 2.59. The summed E-state index contributed by atoms with van der Waals surface area (Å²) in [5.74, 6) is -0.111. The van der Waals surface area contributed by atoms with Crippen LogP contribution in [-0.2, 0) is 9.59 Å². The van der Waals surface area contributed by atoms with Crippen LogP contribution in [0.1, 0.15) is 32.6 Å². The molecule has 0 unspecified atom stereocenters. The number of aliphatic hydroxyl groups is 1. The average Bonchev–Trinajstić information content (AvgIpc) is 2.41. The Morgan fingerprint density at radius 3 is 2.00 bits per heavy atom. The molecule has 0 atom stereocenters. The Bertz CT molecular complexity index is 415. The lowest BCUT2D eigenvalue weighted by atomic mass is 10.2. The molecule has 0 fully saturated rings. The number of hydrogen-bond donors (Lipinski definition) is 3. The van der Waals surface area contributed by atoms with Gasteiger partial charge in [0.1, 0.15) is 0 Å². The van der Waals surface area contributed by atoms with Gasteiger partial charge in [-0.3, -0.25) is 9.59 Å². The normalized spacial score (nSPS) is 10.0. The molecule has 19 heavy (non-hydrogen) atoms. The Morgan fingerprint density at radius 1 is 1.00 bits per heavy atom. The van der Waals surface area contributed by atoms with Gasteiger partial charge in [-0.25, -0.2) is 0 Å². The van der Waals surface area contributed by atoms with Crippen LogP contribution in [0.15, 0.2) is 24.3 Å². The molecule has 1 rings (SSSR count). The molecule has 2 amide bonds. The van der Waals surface area contributed by atoms with E-state index in [1.807, 2.05) is 0 Å². The highest BCUT2D eigenvalue weighted by Gasteiger charge is 2.03. The average molecular weight is 264 g/mol. The number of rotatable bonds is 7. The smallest absolute Gasteiger partial charge is 0.224 e. The minimum atomic E-state index is -0.0706. The molecular formula is C14H20N2O3. The van der Waals surface area contributed by atoms with E-state index >= 15 is 0 Å². The number of aliphatic hydroxyl groups excluding tert-OH is 1. The number of anilines is 2. The minimum Gasteiger partial charge on any atom is -0.396 e. The first-order valence-corrected chi connectivity index (χ1v) is 6.46. The van der Waals surface area contributed by atoms with E-state index in [0.29, 0.717) is 37.1 Å². The molecule has 0 aliphatic rings. The first kappa shape index (κ1) is 15.2. The van der Waals surface area contributed by atoms with Crippen LogP contribution in [0.2, 0.25) is 0 Å². The van der Waals surface area contributed by atoms with Crippen LogP contribution in [0, 0.1) is 0 Å². The molecule has 0 bridgehead atoms. The van der Waals surface area contributed by atoms with Crippen LogP contribution in [0.25, 0.3) is 0 Å². The van der Waals surface area contributed by atoms with Crippen LogP contribution < -0.4 is 10.6 Å². The van der Waals surface area contributed by atoms with E-state index < -0.39 is 0 Å². The zero-order chi connectivity index (χ0) is 14.1. The molecular weight excluding hydrogens is 244 g/mol. The molecule has 0 radical (unpaired) electrons. The van der Waals surface area contributed by atoms with Gasteiger partial charge >= 0.3 is 0 Å². The molecule has 0 saturated carbocycles. The summed E-state index contributed by atoms with van der Waals surface area (Å²) in [4.78, 5) is 22.7. The first-order valence-electron chi connectivity index (χ1n) is 6.46. The van der Waals surface area contributed by atoms with Crippen LogP contribution in [0.5, 0.6) is 0 Å². The van der Waals surface area contributed by atoms with Crippen molar-refractivity contribution < 1.29 is 14.7 Å². The summed E-state index contributed by atoms with van der Waals surface area (Å²) in [5, 5.41) is 14.1. The van der Waals surface area contributed by atoms with Crippen LogP contribution in [0.3, 0.4) is 0 Å². The molecule has 5 heteroatoms. The molecule has 0 aliphatic heterocycles. The maximum Gasteiger partial charge on any atom is 0.224 e. The summed E-state index contributed by atoms with van der Waals surface area (Å²) >= 11 is 0. The highest BCUT2D eigenvalue weighted by Crippen LogP contribution is 2.14. The number of unbranched alkanes of at least 4 members (excludes halogenated alkanes) is 1. The second kappa shape index (κ2) is 8.26. The third-order valence-corrected chi connectivity index (χ3v) is 2.59. The van der Waals surface area contributed by atoms with E-state index in [4.69, 9.17) is 5.11 Å². The second-order valence-corrected chi connectivity index (χ2v) is 4.21. The topological polar surface area (TPSA) is 78.4 Å². The zero-order valence-electron chi connectivity index (χ0n) is 11.1. The highest BCUT2D eigenvalue weighted by atomic mass is 16.3. The van der Waals surface area contributed by atoms with Crippen LogP contribution >= 0.6 is 0 Å². The van der Waals surface area contributed by atoms with Crippen molar-refractivity contribution in [1.29, 1.82) is 0 Å². The number of nitrogens with one attached hydrogen (secondary N) is 2. The van der Waals surface area contributed by atoms with Gasteiger partial charge < -0.3 is 15.7 Å². The molecule has 0 spiro atoms. The Morgan fingerprint density at radius 2 is 1.53 bits per heavy atom. The van der Waals surface area contributed by atoms with Gasteiger partial charge in [-0.05, 0) is 37.1 Å². The Balaban J connectivity index is 2.43. The Kier molecular flexibility index (Phi) is 6.60. The molecule has 0 aromatic heterocycles. The van der Waals surface area contributed by atoms with Crippen LogP contribution in [-0.4, -0.2) is 23.5 Å². The third kappa shape index (κ3) is 6.01. The number of carbonyl (C=O) groups is 2. The Hall–Kier alpha value is -1.88. The minimum absolute atomic E-state index is 0.0409. The predicted octanol–water partition coefficient (Wildman–Crippen LogP) is 2.14. The standard InChI is InChI=1S/C14H20N2O3/c1-2-13(18)15-11-6-8-12(9-7-11)16-14(19)5-3-4-10-17/h6-9,17H,2-5,10H2,1H3,(H,15,18)(H,16,19). The summed E-state index contributed by atoms with van der Waals surface area (Å²) in [7, 11) is 0. The fourth-order valence-corrected chi connectivity index (χ4v) is 1.51. The van der Waals surface area contributed by atoms with Gasteiger partial charge in [0.2, 0.25) is 11.8 Å². The number of amides is 2. The van der Waals surface area contributed by atoms with E-state index in [-0.39, 0.29) is 18.4 Å². The van der Waals surface area contributed by atoms with E-state index in [1.165, 1.54) is 0 Å². The lowest BCUT2D eigenvalue weighted by Crippen LogP contribution is -2.12. The van der Waals surface area contributed by atoms with E-state index in [0.717, 1.165) is 0 Å². The predicted molar refractivity (Wildman–Crippen MR) is 74.9 cm³/mol. The summed E-state index contributed by atoms with van der Waals surface area (Å²) in [6.45, 7) is 1.90. The van der Waals surface area contributed by atoms with Gasteiger partial charge in [0.05, 0.1) is 0 Å². The van der Waals surface area contributed by atoms with Crippen molar-refractivity contribution >= 4 is 23.2 Å². The lowest BCUT2D eigenvalue weighted by Gasteiger charge is -2.07. The number of hydrogen-bond acceptors (Lipinski definition) is 3. The van der Waals surface area contributed by atoms with Crippen molar-refractivity contribution in [2.24, 2.45) is 0 Å². The largest absolute Gasteiger partial charge is 0.396 e. The maximum absolute atomic E-state index is 11.5. The molecule has 1 aromatic rings. The number of carbonyl (C=O) groups excluding carboxylic acids is 2. The van der Waals surface area contributed by atoms with E-state index in [2.05, 4.69) is 10.6 Å². The Labute approximate surface area is 113 Å². The summed E-state index contributed by atoms with van der Waals surface area (Å²) in [6.07, 6.45) is 2.14. The first-order chi connectivity index (χ1) is 9.15. The lowest BCUT2D eigenvalue weighted by molar-refractivity contribution is -0.117. The van der Waals surface area contributed by atoms with Crippen LogP contribution in [0.4, 0.5) is 11.4 Å². The molecule has 0 saturated heterocycles. The van der Waals surface area contributed by atoms with Crippen molar-refractivity contribution in [2.45, 2.75) is 32.6 Å².